The molecule has 2 atom stereocenters. The molecule has 3 rings (SSSR count). The number of halogens is 1. The van der Waals surface area contributed by atoms with Crippen molar-refractivity contribution in [3.05, 3.63) is 35.9 Å². The molecule has 0 spiro atoms. The van der Waals surface area contributed by atoms with Gasteiger partial charge in [-0.1, -0.05) is 65.5 Å². The lowest BCUT2D eigenvalue weighted by atomic mass is 9.78. The molecule has 0 radical (unpaired) electrons. The number of nitrogens with zero attached hydrogens (tertiary/aromatic N) is 1. The van der Waals surface area contributed by atoms with Crippen LogP contribution in [0.25, 0.3) is 0 Å². The third kappa shape index (κ3) is 2.58. The van der Waals surface area contributed by atoms with E-state index in [9.17, 15) is 4.79 Å². The van der Waals surface area contributed by atoms with Crippen molar-refractivity contribution in [1.29, 1.82) is 0 Å². The quantitative estimate of drug-likeness (QED) is 0.613. The highest BCUT2D eigenvalue weighted by Crippen LogP contribution is 2.39. The van der Waals surface area contributed by atoms with Crippen LogP contribution in [0.3, 0.4) is 0 Å². The number of likely N-dealkylation sites (tertiary alicyclic amines) is 1. The van der Waals surface area contributed by atoms with Crippen molar-refractivity contribution in [1.82, 2.24) is 4.90 Å². The van der Waals surface area contributed by atoms with Gasteiger partial charge in [0.1, 0.15) is 4.83 Å². The maximum atomic E-state index is 12.1. The fourth-order valence-corrected chi connectivity index (χ4v) is 4.44. The molecule has 1 amide bonds. The highest BCUT2D eigenvalue weighted by molar-refractivity contribution is 9.10. The minimum absolute atomic E-state index is 0.0549. The molecule has 2 fully saturated rings. The Balaban J connectivity index is 1.70. The van der Waals surface area contributed by atoms with Gasteiger partial charge < -0.3 is 4.90 Å². The average Bonchev–Trinajstić information content (AvgIpc) is 2.48. The van der Waals surface area contributed by atoms with Crippen LogP contribution < -0.4 is 0 Å². The summed E-state index contributed by atoms with van der Waals surface area (Å²) in [4.78, 5) is 14.2. The van der Waals surface area contributed by atoms with Crippen LogP contribution in [-0.4, -0.2) is 21.7 Å². The smallest absolute Gasteiger partial charge is 0.239 e. The second kappa shape index (κ2) is 5.66. The second-order valence-corrected chi connectivity index (χ2v) is 6.73. The van der Waals surface area contributed by atoms with E-state index in [2.05, 4.69) is 33.0 Å². The van der Waals surface area contributed by atoms with Crippen LogP contribution in [0, 0.1) is 5.92 Å². The Morgan fingerprint density at radius 1 is 1.11 bits per heavy atom. The lowest BCUT2D eigenvalue weighted by Crippen LogP contribution is -2.64. The first-order valence-corrected chi connectivity index (χ1v) is 8.17. The van der Waals surface area contributed by atoms with E-state index in [1.165, 1.54) is 37.7 Å². The minimum Gasteiger partial charge on any atom is -0.332 e. The van der Waals surface area contributed by atoms with Crippen LogP contribution in [0.1, 0.15) is 37.7 Å². The number of amides is 1. The fourth-order valence-electron chi connectivity index (χ4n) is 3.46. The number of alkyl halides is 1. The largest absolute Gasteiger partial charge is 0.332 e. The summed E-state index contributed by atoms with van der Waals surface area (Å²) in [5.74, 6) is 0.957. The normalized spacial score (nSPS) is 28.3. The Kier molecular flexibility index (Phi) is 3.92. The van der Waals surface area contributed by atoms with Gasteiger partial charge in [-0.3, -0.25) is 4.79 Å². The summed E-state index contributed by atoms with van der Waals surface area (Å²) in [5, 5.41) is 0. The van der Waals surface area contributed by atoms with Crippen LogP contribution in [0.2, 0.25) is 0 Å². The van der Waals surface area contributed by atoms with E-state index >= 15 is 0 Å². The van der Waals surface area contributed by atoms with Crippen LogP contribution in [-0.2, 0) is 11.3 Å². The molecule has 1 heterocycles. The molecule has 1 aliphatic heterocycles. The van der Waals surface area contributed by atoms with E-state index < -0.39 is 0 Å². The zero-order valence-corrected chi connectivity index (χ0v) is 12.7. The Hall–Kier alpha value is -0.830. The predicted molar refractivity (Wildman–Crippen MR) is 80.1 cm³/mol. The van der Waals surface area contributed by atoms with Crippen molar-refractivity contribution in [2.75, 3.05) is 0 Å². The summed E-state index contributed by atoms with van der Waals surface area (Å²) in [6.45, 7) is 0.767. The molecule has 1 saturated heterocycles. The number of hydrogen-bond donors (Lipinski definition) is 0. The summed E-state index contributed by atoms with van der Waals surface area (Å²) in [6.07, 6.45) is 6.59. The van der Waals surface area contributed by atoms with Gasteiger partial charge in [0, 0.05) is 6.54 Å². The van der Waals surface area contributed by atoms with E-state index in [1.54, 1.807) is 0 Å². The lowest BCUT2D eigenvalue weighted by molar-refractivity contribution is -0.148. The number of carbonyl (C=O) groups excluding carboxylic acids is 1. The second-order valence-electron chi connectivity index (χ2n) is 5.74. The number of rotatable bonds is 3. The Morgan fingerprint density at radius 2 is 1.79 bits per heavy atom. The molecule has 0 aromatic heterocycles. The average molecular weight is 322 g/mol. The molecule has 1 aliphatic carbocycles. The maximum absolute atomic E-state index is 12.1. The summed E-state index contributed by atoms with van der Waals surface area (Å²) >= 11 is 3.59. The Morgan fingerprint density at radius 3 is 2.47 bits per heavy atom. The molecule has 3 heteroatoms. The molecule has 2 aliphatic rings. The molecule has 0 N–H and O–H groups in total. The topological polar surface area (TPSA) is 20.3 Å². The summed E-state index contributed by atoms with van der Waals surface area (Å²) in [5.41, 5.74) is 1.23. The van der Waals surface area contributed by atoms with Crippen LogP contribution in [0.15, 0.2) is 30.3 Å². The van der Waals surface area contributed by atoms with Crippen LogP contribution in [0.4, 0.5) is 0 Å². The van der Waals surface area contributed by atoms with E-state index in [4.69, 9.17) is 0 Å². The van der Waals surface area contributed by atoms with E-state index in [-0.39, 0.29) is 10.7 Å². The van der Waals surface area contributed by atoms with Crippen molar-refractivity contribution in [2.45, 2.75) is 49.5 Å². The van der Waals surface area contributed by atoms with Gasteiger partial charge in [-0.25, -0.2) is 0 Å². The molecular weight excluding hydrogens is 302 g/mol. The maximum Gasteiger partial charge on any atom is 0.239 e. The van der Waals surface area contributed by atoms with Crippen molar-refractivity contribution >= 4 is 21.8 Å². The number of β-lactam (4-membered cyclic amide) rings is 1. The third-order valence-electron chi connectivity index (χ3n) is 4.51. The van der Waals surface area contributed by atoms with Gasteiger partial charge in [0.15, 0.2) is 0 Å². The van der Waals surface area contributed by atoms with Gasteiger partial charge >= 0.3 is 0 Å². The molecule has 19 heavy (non-hydrogen) atoms. The summed E-state index contributed by atoms with van der Waals surface area (Å²) < 4.78 is 0. The highest BCUT2D eigenvalue weighted by Gasteiger charge is 2.49. The molecule has 1 aromatic rings. The SMILES string of the molecule is O=C1[C@@H](Br)[C@@H](C2CCCCC2)N1Cc1ccccc1. The lowest BCUT2D eigenvalue weighted by Gasteiger charge is -2.49. The molecular formula is C16H20BrNO. The zero-order valence-electron chi connectivity index (χ0n) is 11.1. The van der Waals surface area contributed by atoms with Gasteiger partial charge in [-0.15, -0.1) is 0 Å². The summed E-state index contributed by atoms with van der Waals surface area (Å²) in [6, 6.07) is 10.7. The van der Waals surface area contributed by atoms with Gasteiger partial charge in [0.05, 0.1) is 6.04 Å². The van der Waals surface area contributed by atoms with E-state index in [0.717, 1.165) is 6.54 Å². The monoisotopic (exact) mass is 321 g/mol. The first-order valence-electron chi connectivity index (χ1n) is 7.26. The van der Waals surface area contributed by atoms with E-state index in [1.807, 2.05) is 18.2 Å². The summed E-state index contributed by atoms with van der Waals surface area (Å²) in [7, 11) is 0. The standard InChI is InChI=1S/C16H20BrNO/c17-14-15(13-9-5-2-6-10-13)18(16(14)19)11-12-7-3-1-4-8-12/h1,3-4,7-8,13-15H,2,5-6,9-11H2/t14-,15+/m0/s1. The number of hydrogen-bond acceptors (Lipinski definition) is 1. The number of carbonyl (C=O) groups is 1. The first kappa shape index (κ1) is 13.2. The van der Waals surface area contributed by atoms with Crippen molar-refractivity contribution in [2.24, 2.45) is 5.92 Å². The molecule has 1 aromatic carbocycles. The Bertz CT molecular complexity index is 441. The van der Waals surface area contributed by atoms with E-state index in [0.29, 0.717) is 12.0 Å². The molecule has 1 saturated carbocycles. The molecule has 102 valence electrons. The predicted octanol–water partition coefficient (Wildman–Crippen LogP) is 3.74. The van der Waals surface area contributed by atoms with Crippen molar-refractivity contribution in [3.63, 3.8) is 0 Å². The van der Waals surface area contributed by atoms with Gasteiger partial charge in [-0.2, -0.15) is 0 Å². The highest BCUT2D eigenvalue weighted by atomic mass is 79.9. The van der Waals surface area contributed by atoms with Crippen molar-refractivity contribution in [3.8, 4) is 0 Å². The molecule has 0 bridgehead atoms. The number of benzene rings is 1. The Labute approximate surface area is 123 Å². The van der Waals surface area contributed by atoms with Crippen molar-refractivity contribution < 1.29 is 4.79 Å². The third-order valence-corrected chi connectivity index (χ3v) is 5.44. The van der Waals surface area contributed by atoms with Crippen LogP contribution in [0.5, 0.6) is 0 Å². The van der Waals surface area contributed by atoms with Gasteiger partial charge in [0.2, 0.25) is 5.91 Å². The minimum atomic E-state index is 0.0549. The molecule has 0 unspecified atom stereocenters. The van der Waals surface area contributed by atoms with Crippen LogP contribution >= 0.6 is 15.9 Å². The first-order chi connectivity index (χ1) is 9.27. The fraction of sp³-hybridized carbons (Fsp3) is 0.562. The molecule has 2 nitrogen and oxygen atoms in total. The zero-order chi connectivity index (χ0) is 13.2. The van der Waals surface area contributed by atoms with Gasteiger partial charge in [-0.05, 0) is 24.3 Å². The van der Waals surface area contributed by atoms with Gasteiger partial charge in [0.25, 0.3) is 0 Å².